The highest BCUT2D eigenvalue weighted by Crippen LogP contribution is 2.37. The first-order valence-electron chi connectivity index (χ1n) is 7.64. The molecule has 4 nitrogen and oxygen atoms in total. The zero-order chi connectivity index (χ0) is 14.0. The van der Waals surface area contributed by atoms with Crippen molar-refractivity contribution in [1.29, 1.82) is 0 Å². The van der Waals surface area contributed by atoms with Crippen LogP contribution in [0.3, 0.4) is 0 Å². The number of nitrogens with two attached hydrogens (primary N) is 1. The molecular weight excluding hydrogens is 238 g/mol. The van der Waals surface area contributed by atoms with E-state index in [0.717, 1.165) is 25.8 Å². The summed E-state index contributed by atoms with van der Waals surface area (Å²) in [6, 6.07) is 0.0698. The van der Waals surface area contributed by atoms with Crippen LogP contribution in [0.2, 0.25) is 0 Å². The largest absolute Gasteiger partial charge is 0.344 e. The van der Waals surface area contributed by atoms with Crippen LogP contribution in [-0.4, -0.2) is 55.0 Å². The van der Waals surface area contributed by atoms with Crippen molar-refractivity contribution in [3.05, 3.63) is 0 Å². The molecule has 0 radical (unpaired) electrons. The average molecular weight is 267 g/mol. The number of carbonyl (C=O) groups is 1. The summed E-state index contributed by atoms with van der Waals surface area (Å²) in [5.41, 5.74) is 6.34. The highest BCUT2D eigenvalue weighted by atomic mass is 16.2. The maximum Gasteiger partial charge on any atom is 0.227 e. The van der Waals surface area contributed by atoms with E-state index in [1.54, 1.807) is 0 Å². The smallest absolute Gasteiger partial charge is 0.227 e. The van der Waals surface area contributed by atoms with Gasteiger partial charge in [-0.1, -0.05) is 12.8 Å². The van der Waals surface area contributed by atoms with E-state index in [1.807, 2.05) is 11.9 Å². The van der Waals surface area contributed by atoms with E-state index < -0.39 is 0 Å². The van der Waals surface area contributed by atoms with Crippen molar-refractivity contribution in [2.75, 3.05) is 27.7 Å². The van der Waals surface area contributed by atoms with Crippen LogP contribution in [0.25, 0.3) is 0 Å². The maximum atomic E-state index is 12.6. The number of amides is 1. The predicted octanol–water partition coefficient (Wildman–Crippen LogP) is 1.45. The molecule has 2 unspecified atom stereocenters. The van der Waals surface area contributed by atoms with Crippen LogP contribution >= 0.6 is 0 Å². The molecule has 2 fully saturated rings. The summed E-state index contributed by atoms with van der Waals surface area (Å²) >= 11 is 0. The van der Waals surface area contributed by atoms with Crippen molar-refractivity contribution in [3.63, 3.8) is 0 Å². The van der Waals surface area contributed by atoms with Crippen LogP contribution in [0.4, 0.5) is 0 Å². The minimum absolute atomic E-state index is 0.0537. The van der Waals surface area contributed by atoms with Crippen LogP contribution < -0.4 is 5.73 Å². The van der Waals surface area contributed by atoms with Gasteiger partial charge in [-0.3, -0.25) is 4.79 Å². The molecular formula is C15H29N3O. The quantitative estimate of drug-likeness (QED) is 0.838. The van der Waals surface area contributed by atoms with E-state index in [-0.39, 0.29) is 23.4 Å². The van der Waals surface area contributed by atoms with Crippen LogP contribution in [0.5, 0.6) is 0 Å². The minimum atomic E-state index is 0.0537. The lowest BCUT2D eigenvalue weighted by molar-refractivity contribution is -0.138. The fourth-order valence-corrected chi connectivity index (χ4v) is 3.60. The molecule has 110 valence electrons. The van der Waals surface area contributed by atoms with Gasteiger partial charge in [0.05, 0.1) is 5.92 Å². The Balaban J connectivity index is 1.95. The molecule has 2 saturated carbocycles. The lowest BCUT2D eigenvalue weighted by Crippen LogP contribution is -2.58. The van der Waals surface area contributed by atoms with Gasteiger partial charge < -0.3 is 15.5 Å². The third-order valence-electron chi connectivity index (χ3n) is 5.28. The Morgan fingerprint density at radius 3 is 2.26 bits per heavy atom. The predicted molar refractivity (Wildman–Crippen MR) is 77.8 cm³/mol. The zero-order valence-corrected chi connectivity index (χ0v) is 12.7. The lowest BCUT2D eigenvalue weighted by Gasteiger charge is -2.49. The number of hydrogen-bond donors (Lipinski definition) is 1. The van der Waals surface area contributed by atoms with Gasteiger partial charge >= 0.3 is 0 Å². The molecule has 0 spiro atoms. The fraction of sp³-hybridized carbons (Fsp3) is 0.933. The molecule has 2 aliphatic rings. The van der Waals surface area contributed by atoms with Crippen LogP contribution in [0, 0.1) is 5.92 Å². The average Bonchev–Trinajstić information content (AvgIpc) is 2.32. The summed E-state index contributed by atoms with van der Waals surface area (Å²) in [5.74, 6) is 0.318. The molecule has 0 aliphatic heterocycles. The molecule has 0 heterocycles. The highest BCUT2D eigenvalue weighted by molar-refractivity contribution is 5.79. The Bertz CT molecular complexity index is 325. The van der Waals surface area contributed by atoms with E-state index in [2.05, 4.69) is 19.0 Å². The Kier molecular flexibility index (Phi) is 4.51. The highest BCUT2D eigenvalue weighted by Gasteiger charge is 2.42. The Morgan fingerprint density at radius 2 is 1.79 bits per heavy atom. The van der Waals surface area contributed by atoms with E-state index in [1.165, 1.54) is 25.7 Å². The van der Waals surface area contributed by atoms with E-state index >= 15 is 0 Å². The Hall–Kier alpha value is -0.610. The fourth-order valence-electron chi connectivity index (χ4n) is 3.60. The Labute approximate surface area is 117 Å². The molecule has 2 aliphatic carbocycles. The van der Waals surface area contributed by atoms with Gasteiger partial charge in [-0.05, 0) is 46.2 Å². The van der Waals surface area contributed by atoms with Crippen molar-refractivity contribution in [3.8, 4) is 0 Å². The van der Waals surface area contributed by atoms with Crippen LogP contribution in [0.15, 0.2) is 0 Å². The molecule has 0 aromatic rings. The molecule has 0 bridgehead atoms. The first kappa shape index (κ1) is 14.8. The minimum Gasteiger partial charge on any atom is -0.344 e. The van der Waals surface area contributed by atoms with Crippen molar-refractivity contribution < 1.29 is 4.79 Å². The SMILES string of the molecule is CN(CC1(N(C)C)CCC1)C(=O)C1CCCCC1N. The van der Waals surface area contributed by atoms with Crippen molar-refractivity contribution in [2.45, 2.75) is 56.5 Å². The van der Waals surface area contributed by atoms with Gasteiger partial charge in [0.25, 0.3) is 0 Å². The Morgan fingerprint density at radius 1 is 1.16 bits per heavy atom. The first-order valence-corrected chi connectivity index (χ1v) is 7.64. The molecule has 0 aromatic heterocycles. The number of likely N-dealkylation sites (N-methyl/N-ethyl adjacent to an activating group) is 2. The third kappa shape index (κ3) is 2.95. The number of rotatable bonds is 4. The van der Waals surface area contributed by atoms with Gasteiger partial charge in [-0.25, -0.2) is 0 Å². The van der Waals surface area contributed by atoms with E-state index in [0.29, 0.717) is 0 Å². The van der Waals surface area contributed by atoms with Crippen molar-refractivity contribution >= 4 is 5.91 Å². The van der Waals surface area contributed by atoms with E-state index in [4.69, 9.17) is 5.73 Å². The van der Waals surface area contributed by atoms with Gasteiger partial charge in [-0.15, -0.1) is 0 Å². The first-order chi connectivity index (χ1) is 8.96. The number of hydrogen-bond acceptors (Lipinski definition) is 3. The summed E-state index contributed by atoms with van der Waals surface area (Å²) in [7, 11) is 6.21. The summed E-state index contributed by atoms with van der Waals surface area (Å²) in [6.07, 6.45) is 7.99. The number of carbonyl (C=O) groups excluding carboxylic acids is 1. The monoisotopic (exact) mass is 267 g/mol. The number of nitrogens with zero attached hydrogens (tertiary/aromatic N) is 2. The molecule has 0 aromatic carbocycles. The molecule has 2 rings (SSSR count). The van der Waals surface area contributed by atoms with Gasteiger partial charge in [0, 0.05) is 25.2 Å². The van der Waals surface area contributed by atoms with Gasteiger partial charge in [0.1, 0.15) is 0 Å². The lowest BCUT2D eigenvalue weighted by atomic mass is 9.75. The summed E-state index contributed by atoms with van der Waals surface area (Å²) in [5, 5.41) is 0. The van der Waals surface area contributed by atoms with Gasteiger partial charge in [0.15, 0.2) is 0 Å². The van der Waals surface area contributed by atoms with Crippen LogP contribution in [-0.2, 0) is 4.79 Å². The molecule has 4 heteroatoms. The zero-order valence-electron chi connectivity index (χ0n) is 12.7. The molecule has 1 amide bonds. The van der Waals surface area contributed by atoms with Crippen LogP contribution in [0.1, 0.15) is 44.9 Å². The van der Waals surface area contributed by atoms with E-state index in [9.17, 15) is 4.79 Å². The summed E-state index contributed by atoms with van der Waals surface area (Å²) in [4.78, 5) is 16.8. The third-order valence-corrected chi connectivity index (χ3v) is 5.28. The van der Waals surface area contributed by atoms with Gasteiger partial charge in [-0.2, -0.15) is 0 Å². The molecule has 2 atom stereocenters. The topological polar surface area (TPSA) is 49.6 Å². The second-order valence-electron chi connectivity index (χ2n) is 6.72. The molecule has 2 N–H and O–H groups in total. The second kappa shape index (κ2) is 5.80. The van der Waals surface area contributed by atoms with Gasteiger partial charge in [0.2, 0.25) is 5.91 Å². The second-order valence-corrected chi connectivity index (χ2v) is 6.72. The molecule has 0 saturated heterocycles. The summed E-state index contributed by atoms with van der Waals surface area (Å²) in [6.45, 7) is 0.849. The van der Waals surface area contributed by atoms with Crippen molar-refractivity contribution in [2.24, 2.45) is 11.7 Å². The molecule has 19 heavy (non-hydrogen) atoms. The maximum absolute atomic E-state index is 12.6. The standard InChI is InChI=1S/C15H29N3O/c1-17(2)15(9-6-10-15)11-18(3)14(19)12-7-4-5-8-13(12)16/h12-13H,4-11,16H2,1-3H3. The summed E-state index contributed by atoms with van der Waals surface area (Å²) < 4.78 is 0. The van der Waals surface area contributed by atoms with Crippen molar-refractivity contribution in [1.82, 2.24) is 9.80 Å². The normalized spacial score (nSPS) is 29.9.